The molecule has 0 bridgehead atoms. The first-order valence-corrected chi connectivity index (χ1v) is 10.7. The highest BCUT2D eigenvalue weighted by molar-refractivity contribution is 5.83. The predicted octanol–water partition coefficient (Wildman–Crippen LogP) is 7.30. The van der Waals surface area contributed by atoms with Crippen LogP contribution in [-0.2, 0) is 0 Å². The SMILES string of the molecule is Cc1cc(C)c(Oc2ccc(N(c3cc(C)ccc3O)c3cc(C)ccc3O)cc2)c(O)c1. The van der Waals surface area contributed by atoms with Crippen molar-refractivity contribution in [1.82, 2.24) is 0 Å². The molecule has 0 aliphatic carbocycles. The first-order valence-electron chi connectivity index (χ1n) is 10.7. The van der Waals surface area contributed by atoms with Gasteiger partial charge in [-0.1, -0.05) is 18.2 Å². The van der Waals surface area contributed by atoms with E-state index in [0.29, 0.717) is 22.9 Å². The molecule has 0 saturated heterocycles. The quantitative estimate of drug-likeness (QED) is 0.303. The second kappa shape index (κ2) is 8.79. The molecule has 0 radical (unpaired) electrons. The molecule has 5 nitrogen and oxygen atoms in total. The Morgan fingerprint density at radius 1 is 0.576 bits per heavy atom. The van der Waals surface area contributed by atoms with E-state index < -0.39 is 0 Å². The molecule has 0 unspecified atom stereocenters. The Bertz CT molecular complexity index is 1240. The highest BCUT2D eigenvalue weighted by Crippen LogP contribution is 2.44. The van der Waals surface area contributed by atoms with Crippen LogP contribution in [-0.4, -0.2) is 15.3 Å². The molecule has 0 aliphatic heterocycles. The van der Waals surface area contributed by atoms with E-state index >= 15 is 0 Å². The molecule has 0 atom stereocenters. The number of benzene rings is 4. The average Bonchev–Trinajstić information content (AvgIpc) is 2.76. The molecule has 0 aromatic heterocycles. The third-order valence-corrected chi connectivity index (χ3v) is 5.46. The molecule has 33 heavy (non-hydrogen) atoms. The zero-order chi connectivity index (χ0) is 23.7. The lowest BCUT2D eigenvalue weighted by Crippen LogP contribution is -2.11. The number of nitrogens with zero attached hydrogens (tertiary/aromatic N) is 1. The van der Waals surface area contributed by atoms with Crippen molar-refractivity contribution >= 4 is 17.1 Å². The molecule has 0 spiro atoms. The molecule has 3 N–H and O–H groups in total. The number of hydrogen-bond acceptors (Lipinski definition) is 5. The third kappa shape index (κ3) is 4.58. The fourth-order valence-corrected chi connectivity index (χ4v) is 3.88. The highest BCUT2D eigenvalue weighted by Gasteiger charge is 2.20. The van der Waals surface area contributed by atoms with Gasteiger partial charge in [-0.3, -0.25) is 0 Å². The first kappa shape index (κ1) is 22.1. The maximum atomic E-state index is 10.6. The lowest BCUT2D eigenvalue weighted by molar-refractivity contribution is 0.408. The van der Waals surface area contributed by atoms with Crippen molar-refractivity contribution in [3.05, 3.63) is 95.1 Å². The molecule has 5 heteroatoms. The van der Waals surface area contributed by atoms with Gasteiger partial charge in [0, 0.05) is 5.69 Å². The van der Waals surface area contributed by atoms with Crippen LogP contribution in [0, 0.1) is 27.7 Å². The largest absolute Gasteiger partial charge is 0.506 e. The normalized spacial score (nSPS) is 10.8. The summed E-state index contributed by atoms with van der Waals surface area (Å²) in [5, 5.41) is 31.6. The van der Waals surface area contributed by atoms with Gasteiger partial charge in [-0.25, -0.2) is 0 Å². The van der Waals surface area contributed by atoms with Gasteiger partial charge in [-0.15, -0.1) is 0 Å². The molecule has 4 aromatic carbocycles. The van der Waals surface area contributed by atoms with Gasteiger partial charge >= 0.3 is 0 Å². The molecule has 168 valence electrons. The summed E-state index contributed by atoms with van der Waals surface area (Å²) in [7, 11) is 0. The number of aryl methyl sites for hydroxylation is 4. The van der Waals surface area contributed by atoms with E-state index in [9.17, 15) is 15.3 Å². The van der Waals surface area contributed by atoms with Crippen LogP contribution in [0.1, 0.15) is 22.3 Å². The monoisotopic (exact) mass is 441 g/mol. The minimum absolute atomic E-state index is 0.0903. The third-order valence-electron chi connectivity index (χ3n) is 5.46. The molecular formula is C28H27NO4. The van der Waals surface area contributed by atoms with Crippen LogP contribution >= 0.6 is 0 Å². The summed E-state index contributed by atoms with van der Waals surface area (Å²) in [4.78, 5) is 1.81. The van der Waals surface area contributed by atoms with Crippen molar-refractivity contribution in [2.75, 3.05) is 4.90 Å². The van der Waals surface area contributed by atoms with E-state index in [1.165, 1.54) is 0 Å². The number of anilines is 3. The fraction of sp³-hybridized carbons (Fsp3) is 0.143. The number of rotatable bonds is 5. The Labute approximate surface area is 193 Å². The number of phenolic OH excluding ortho intramolecular Hbond substituents is 3. The summed E-state index contributed by atoms with van der Waals surface area (Å²) in [6.07, 6.45) is 0. The van der Waals surface area contributed by atoms with E-state index in [0.717, 1.165) is 27.9 Å². The van der Waals surface area contributed by atoms with Gasteiger partial charge in [0.05, 0.1) is 11.4 Å². The lowest BCUT2D eigenvalue weighted by Gasteiger charge is -2.27. The minimum atomic E-state index is 0.0903. The summed E-state index contributed by atoms with van der Waals surface area (Å²) in [6.45, 7) is 7.70. The first-order chi connectivity index (χ1) is 15.7. The van der Waals surface area contributed by atoms with E-state index in [-0.39, 0.29) is 17.2 Å². The van der Waals surface area contributed by atoms with Crippen molar-refractivity contribution < 1.29 is 20.1 Å². The van der Waals surface area contributed by atoms with E-state index in [1.807, 2.05) is 75.1 Å². The maximum Gasteiger partial charge on any atom is 0.171 e. The van der Waals surface area contributed by atoms with Crippen LogP contribution in [0.2, 0.25) is 0 Å². The number of ether oxygens (including phenoxy) is 1. The second-order valence-corrected chi connectivity index (χ2v) is 8.35. The van der Waals surface area contributed by atoms with Gasteiger partial charge in [0.25, 0.3) is 0 Å². The molecule has 4 rings (SSSR count). The van der Waals surface area contributed by atoms with Crippen LogP contribution in [0.25, 0.3) is 0 Å². The van der Waals surface area contributed by atoms with Gasteiger partial charge in [-0.2, -0.15) is 0 Å². The van der Waals surface area contributed by atoms with Gasteiger partial charge < -0.3 is 25.0 Å². The second-order valence-electron chi connectivity index (χ2n) is 8.35. The smallest absolute Gasteiger partial charge is 0.171 e. The Hall–Kier alpha value is -4.12. The maximum absolute atomic E-state index is 10.6. The van der Waals surface area contributed by atoms with Gasteiger partial charge in [-0.05, 0) is 105 Å². The minimum Gasteiger partial charge on any atom is -0.506 e. The van der Waals surface area contributed by atoms with Crippen molar-refractivity contribution in [2.45, 2.75) is 27.7 Å². The molecule has 0 aliphatic rings. The van der Waals surface area contributed by atoms with Gasteiger partial charge in [0.1, 0.15) is 17.2 Å². The summed E-state index contributed by atoms with van der Waals surface area (Å²) < 4.78 is 5.96. The Morgan fingerprint density at radius 3 is 1.64 bits per heavy atom. The van der Waals surface area contributed by atoms with Gasteiger partial charge in [0.2, 0.25) is 0 Å². The Morgan fingerprint density at radius 2 is 1.12 bits per heavy atom. The van der Waals surface area contributed by atoms with E-state index in [4.69, 9.17) is 4.74 Å². The molecule has 0 fully saturated rings. The lowest BCUT2D eigenvalue weighted by atomic mass is 10.1. The van der Waals surface area contributed by atoms with Crippen molar-refractivity contribution in [1.29, 1.82) is 0 Å². The zero-order valence-electron chi connectivity index (χ0n) is 19.1. The van der Waals surface area contributed by atoms with Crippen LogP contribution in [0.15, 0.2) is 72.8 Å². The van der Waals surface area contributed by atoms with Crippen molar-refractivity contribution in [3.63, 3.8) is 0 Å². The molecule has 0 amide bonds. The Balaban J connectivity index is 1.77. The number of phenols is 3. The Kier molecular flexibility index (Phi) is 5.88. The van der Waals surface area contributed by atoms with Crippen LogP contribution < -0.4 is 9.64 Å². The molecule has 0 heterocycles. The predicted molar refractivity (Wildman–Crippen MR) is 132 cm³/mol. The van der Waals surface area contributed by atoms with Crippen molar-refractivity contribution in [2.24, 2.45) is 0 Å². The van der Waals surface area contributed by atoms with Crippen LogP contribution in [0.4, 0.5) is 17.1 Å². The standard InChI is InChI=1S/C28H27NO4/c1-17-5-11-25(30)23(14-17)29(24-15-18(2)6-12-26(24)31)21-7-9-22(10-8-21)33-28-20(4)13-19(3)16-27(28)32/h5-16,30-32H,1-4H3. The summed E-state index contributed by atoms with van der Waals surface area (Å²) in [5.74, 6) is 1.26. The zero-order valence-corrected chi connectivity index (χ0v) is 19.1. The summed E-state index contributed by atoms with van der Waals surface area (Å²) in [6, 6.07) is 21.6. The summed E-state index contributed by atoms with van der Waals surface area (Å²) in [5.41, 5.74) is 5.59. The molecular weight excluding hydrogens is 414 g/mol. The number of hydrogen-bond donors (Lipinski definition) is 3. The van der Waals surface area contributed by atoms with Crippen LogP contribution in [0.5, 0.6) is 28.7 Å². The summed E-state index contributed by atoms with van der Waals surface area (Å²) >= 11 is 0. The molecule has 4 aromatic rings. The number of aromatic hydroxyl groups is 3. The van der Waals surface area contributed by atoms with Crippen LogP contribution in [0.3, 0.4) is 0 Å². The fourth-order valence-electron chi connectivity index (χ4n) is 3.88. The average molecular weight is 442 g/mol. The topological polar surface area (TPSA) is 73.2 Å². The van der Waals surface area contributed by atoms with Crippen molar-refractivity contribution in [3.8, 4) is 28.7 Å². The van der Waals surface area contributed by atoms with E-state index in [1.54, 1.807) is 30.3 Å². The van der Waals surface area contributed by atoms with Gasteiger partial charge in [0.15, 0.2) is 11.5 Å². The van der Waals surface area contributed by atoms with E-state index in [2.05, 4.69) is 0 Å². The molecule has 0 saturated carbocycles. The highest BCUT2D eigenvalue weighted by atomic mass is 16.5.